The highest BCUT2D eigenvalue weighted by Gasteiger charge is 2.08. The van der Waals surface area contributed by atoms with Gasteiger partial charge in [0.2, 0.25) is 0 Å². The Morgan fingerprint density at radius 2 is 1.50 bits per heavy atom. The number of hydrogen-bond donors (Lipinski definition) is 1. The lowest BCUT2D eigenvalue weighted by Gasteiger charge is -2.17. The van der Waals surface area contributed by atoms with E-state index in [1.54, 1.807) is 0 Å². The predicted octanol–water partition coefficient (Wildman–Crippen LogP) is -0.781. The van der Waals surface area contributed by atoms with Crippen molar-refractivity contribution in [2.24, 2.45) is 0 Å². The minimum Gasteiger partial charge on any atom is -0.397 e. The number of hydrogen-bond acceptors (Lipinski definition) is 1. The van der Waals surface area contributed by atoms with Gasteiger partial charge in [-0.25, -0.2) is 0 Å². The Bertz CT molecular complexity index is 40.5. The van der Waals surface area contributed by atoms with Gasteiger partial charge in [-0.1, -0.05) is 0 Å². The maximum atomic E-state index is 8.25. The van der Waals surface area contributed by atoms with E-state index in [1.165, 1.54) is 0 Å². The molecular formula is C3H10BNO+. The fourth-order valence-corrected chi connectivity index (χ4v) is 0. The minimum absolute atomic E-state index is 0.500. The van der Waals surface area contributed by atoms with E-state index in [0.717, 1.165) is 7.62 Å². The lowest BCUT2D eigenvalue weighted by Crippen LogP contribution is -2.38. The van der Waals surface area contributed by atoms with Crippen LogP contribution >= 0.6 is 0 Å². The minimum atomic E-state index is 0.500. The van der Waals surface area contributed by atoms with Crippen molar-refractivity contribution in [1.82, 2.24) is 0 Å². The van der Waals surface area contributed by atoms with E-state index in [-0.39, 0.29) is 0 Å². The third-order valence-corrected chi connectivity index (χ3v) is 0.346. The molecule has 0 aromatic carbocycles. The van der Waals surface area contributed by atoms with Gasteiger partial charge in [0.1, 0.15) is 0 Å². The Morgan fingerprint density at radius 3 is 1.50 bits per heavy atom. The van der Waals surface area contributed by atoms with Crippen LogP contribution in [0.5, 0.6) is 0 Å². The molecule has 6 heavy (non-hydrogen) atoms. The molecule has 0 amide bonds. The van der Waals surface area contributed by atoms with Crippen molar-refractivity contribution < 1.29 is 9.42 Å². The smallest absolute Gasteiger partial charge is 0.397 e. The van der Waals surface area contributed by atoms with Crippen molar-refractivity contribution in [3.63, 3.8) is 0 Å². The second kappa shape index (κ2) is 1.62. The van der Waals surface area contributed by atoms with E-state index in [2.05, 4.69) is 0 Å². The third-order valence-electron chi connectivity index (χ3n) is 0.346. The largest absolute Gasteiger partial charge is 0.646 e. The van der Waals surface area contributed by atoms with Crippen LogP contribution in [0.2, 0.25) is 0 Å². The van der Waals surface area contributed by atoms with Crippen LogP contribution in [0.4, 0.5) is 0 Å². The summed E-state index contributed by atoms with van der Waals surface area (Å²) < 4.78 is 0.500. The summed E-state index contributed by atoms with van der Waals surface area (Å²) in [7, 11) is 6.75. The van der Waals surface area contributed by atoms with Gasteiger partial charge in [-0.05, 0) is 0 Å². The molecule has 0 unspecified atom stereocenters. The van der Waals surface area contributed by atoms with Crippen LogP contribution in [-0.4, -0.2) is 38.2 Å². The lowest BCUT2D eigenvalue weighted by molar-refractivity contribution is -0.762. The van der Waals surface area contributed by atoms with E-state index in [4.69, 9.17) is 5.02 Å². The lowest BCUT2D eigenvalue weighted by atomic mass is 10.2. The number of quaternary nitrogens is 1. The van der Waals surface area contributed by atoms with Gasteiger partial charge in [0.25, 0.3) is 0 Å². The van der Waals surface area contributed by atoms with Crippen LogP contribution in [0.15, 0.2) is 0 Å². The van der Waals surface area contributed by atoms with Crippen molar-refractivity contribution in [1.29, 1.82) is 0 Å². The Hall–Kier alpha value is -0.0151. The van der Waals surface area contributed by atoms with Crippen LogP contribution in [-0.2, 0) is 0 Å². The molecule has 0 aliphatic rings. The molecule has 0 saturated carbocycles. The summed E-state index contributed by atoms with van der Waals surface area (Å²) in [5.41, 5.74) is 0. The predicted molar refractivity (Wildman–Crippen MR) is 26.0 cm³/mol. The second-order valence-electron chi connectivity index (χ2n) is 2.23. The van der Waals surface area contributed by atoms with Crippen molar-refractivity contribution in [2.75, 3.05) is 21.1 Å². The van der Waals surface area contributed by atoms with Crippen molar-refractivity contribution in [2.45, 2.75) is 0 Å². The Labute approximate surface area is 39.3 Å². The van der Waals surface area contributed by atoms with E-state index < -0.39 is 0 Å². The summed E-state index contributed by atoms with van der Waals surface area (Å²) in [6.45, 7) is 0. The van der Waals surface area contributed by atoms with Crippen molar-refractivity contribution in [3.05, 3.63) is 0 Å². The van der Waals surface area contributed by atoms with Gasteiger partial charge in [0, 0.05) is 0 Å². The highest BCUT2D eigenvalue weighted by atomic mass is 16.2. The SMILES string of the molecule is C[N+](C)(C)[B]O. The molecule has 1 radical (unpaired) electrons. The summed E-state index contributed by atoms with van der Waals surface area (Å²) >= 11 is 0. The zero-order chi connectivity index (χ0) is 5.21. The van der Waals surface area contributed by atoms with Gasteiger partial charge < -0.3 is 9.42 Å². The first-order valence-corrected chi connectivity index (χ1v) is 1.86. The van der Waals surface area contributed by atoms with Crippen LogP contribution < -0.4 is 0 Å². The molecular weight excluding hydrogens is 76.9 g/mol. The molecule has 1 N–H and O–H groups in total. The maximum Gasteiger partial charge on any atom is 0.646 e. The van der Waals surface area contributed by atoms with Crippen LogP contribution in [0.25, 0.3) is 0 Å². The average Bonchev–Trinajstić information content (AvgIpc) is 1.35. The molecule has 35 valence electrons. The molecule has 0 fully saturated rings. The van der Waals surface area contributed by atoms with Gasteiger partial charge in [-0.15, -0.1) is 0 Å². The fourth-order valence-electron chi connectivity index (χ4n) is 0. The molecule has 0 aliphatic heterocycles. The van der Waals surface area contributed by atoms with Crippen LogP contribution in [0.3, 0.4) is 0 Å². The highest BCUT2D eigenvalue weighted by Crippen LogP contribution is 1.78. The Morgan fingerprint density at radius 1 is 1.33 bits per heavy atom. The molecule has 3 heteroatoms. The van der Waals surface area contributed by atoms with Gasteiger partial charge in [0.05, 0.1) is 21.1 Å². The highest BCUT2D eigenvalue weighted by molar-refractivity contribution is 6.14. The first-order chi connectivity index (χ1) is 2.56. The maximum absolute atomic E-state index is 8.25. The molecule has 0 aromatic rings. The van der Waals surface area contributed by atoms with E-state index >= 15 is 0 Å². The summed E-state index contributed by atoms with van der Waals surface area (Å²) in [6, 6.07) is 0. The molecule has 0 rings (SSSR count). The molecule has 0 aromatic heterocycles. The van der Waals surface area contributed by atoms with Gasteiger partial charge >= 0.3 is 7.62 Å². The molecule has 0 spiro atoms. The normalized spacial score (nSPS) is 11.3. The van der Waals surface area contributed by atoms with Gasteiger partial charge in [0.15, 0.2) is 0 Å². The van der Waals surface area contributed by atoms with Gasteiger partial charge in [-0.2, -0.15) is 0 Å². The van der Waals surface area contributed by atoms with Crippen LogP contribution in [0.1, 0.15) is 0 Å². The van der Waals surface area contributed by atoms with E-state index in [9.17, 15) is 0 Å². The topological polar surface area (TPSA) is 20.2 Å². The molecule has 2 nitrogen and oxygen atoms in total. The Kier molecular flexibility index (Phi) is 1.62. The second-order valence-corrected chi connectivity index (χ2v) is 2.23. The van der Waals surface area contributed by atoms with E-state index in [0.29, 0.717) is 4.39 Å². The zero-order valence-corrected chi connectivity index (χ0v) is 4.47. The molecule has 0 heterocycles. The number of nitrogens with zero attached hydrogens (tertiary/aromatic N) is 1. The summed E-state index contributed by atoms with van der Waals surface area (Å²) in [6.07, 6.45) is 0. The summed E-state index contributed by atoms with van der Waals surface area (Å²) in [4.78, 5) is 0. The summed E-state index contributed by atoms with van der Waals surface area (Å²) in [5.74, 6) is 0. The number of rotatable bonds is 1. The summed E-state index contributed by atoms with van der Waals surface area (Å²) in [5, 5.41) is 8.25. The quantitative estimate of drug-likeness (QED) is 0.416. The zero-order valence-electron chi connectivity index (χ0n) is 4.47. The molecule has 0 bridgehead atoms. The fraction of sp³-hybridized carbons (Fsp3) is 1.00. The van der Waals surface area contributed by atoms with Gasteiger partial charge in [-0.3, -0.25) is 0 Å². The molecule has 0 saturated heterocycles. The average molecular weight is 86.9 g/mol. The van der Waals surface area contributed by atoms with E-state index in [1.807, 2.05) is 21.1 Å². The van der Waals surface area contributed by atoms with Crippen LogP contribution in [0, 0.1) is 0 Å². The standard InChI is InChI=1S/C3H10BNO/c1-5(2,3)4-6/h6H,1-3H3/q+1. The van der Waals surface area contributed by atoms with Crippen molar-refractivity contribution in [3.8, 4) is 0 Å². The first-order valence-electron chi connectivity index (χ1n) is 1.86. The monoisotopic (exact) mass is 87.1 g/mol. The third kappa shape index (κ3) is 3.98. The molecule has 0 atom stereocenters. The Balaban J connectivity index is 3.17. The van der Waals surface area contributed by atoms with Crippen molar-refractivity contribution >= 4 is 7.62 Å². The molecule has 0 aliphatic carbocycles. The first kappa shape index (κ1) is 5.98.